The Balaban J connectivity index is 2.03. The van der Waals surface area contributed by atoms with Crippen molar-refractivity contribution >= 4 is 38.1 Å². The first-order valence-electron chi connectivity index (χ1n) is 10.5. The Kier molecular flexibility index (Phi) is 6.31. The second kappa shape index (κ2) is 9.22. The molecule has 0 atom stereocenters. The number of nitrogens with one attached hydrogen (secondary N) is 1. The van der Waals surface area contributed by atoms with Crippen molar-refractivity contribution in [3.63, 3.8) is 0 Å². The highest BCUT2D eigenvalue weighted by molar-refractivity contribution is 7.89. The maximum absolute atomic E-state index is 13.6. The molecule has 2 N–H and O–H groups in total. The van der Waals surface area contributed by atoms with Crippen molar-refractivity contribution in [3.05, 3.63) is 94.9 Å². The van der Waals surface area contributed by atoms with Gasteiger partial charge in [0.2, 0.25) is 0 Å². The molecule has 0 unspecified atom stereocenters. The molecule has 0 radical (unpaired) electrons. The molecule has 2 heterocycles. The molecule has 0 amide bonds. The van der Waals surface area contributed by atoms with Crippen LogP contribution in [0.4, 0.5) is 15.8 Å². The van der Waals surface area contributed by atoms with E-state index in [4.69, 9.17) is 0 Å². The van der Waals surface area contributed by atoms with Gasteiger partial charge >= 0.3 is 5.97 Å². The number of aromatic nitrogens is 2. The van der Waals surface area contributed by atoms with Crippen LogP contribution in [0.15, 0.2) is 78.0 Å². The van der Waals surface area contributed by atoms with E-state index in [9.17, 15) is 27.5 Å². The molecule has 2 aromatic heterocycles. The largest absolute Gasteiger partial charge is 0.478 e. The van der Waals surface area contributed by atoms with E-state index >= 15 is 0 Å². The minimum absolute atomic E-state index is 0.201. The number of aryl methyl sites for hydroxylation is 1. The first kappa shape index (κ1) is 24.0. The Morgan fingerprint density at radius 3 is 2.51 bits per heavy atom. The number of halogens is 1. The third kappa shape index (κ3) is 5.17. The molecule has 2 aromatic carbocycles. The second-order valence-electron chi connectivity index (χ2n) is 8.14. The number of aliphatic carboxylic acids is 1. The van der Waals surface area contributed by atoms with Crippen LogP contribution < -0.4 is 10.5 Å². The lowest BCUT2D eigenvalue weighted by Gasteiger charge is -2.24. The molecular formula is C25H22FN3O5S. The number of pyridine rings is 1. The number of carbonyl (C=O) groups is 1. The van der Waals surface area contributed by atoms with Crippen molar-refractivity contribution in [2.24, 2.45) is 7.05 Å². The van der Waals surface area contributed by atoms with Crippen LogP contribution in [0.25, 0.3) is 22.0 Å². The summed E-state index contributed by atoms with van der Waals surface area (Å²) in [5.74, 6) is -1.83. The lowest BCUT2D eigenvalue weighted by molar-refractivity contribution is -0.131. The summed E-state index contributed by atoms with van der Waals surface area (Å²) in [4.78, 5) is 28.0. The Morgan fingerprint density at radius 2 is 1.86 bits per heavy atom. The molecule has 0 saturated heterocycles. The average molecular weight is 496 g/mol. The van der Waals surface area contributed by atoms with E-state index in [-0.39, 0.29) is 11.3 Å². The minimum Gasteiger partial charge on any atom is -0.478 e. The average Bonchev–Trinajstić information content (AvgIpc) is 3.12. The quantitative estimate of drug-likeness (QED) is 0.376. The summed E-state index contributed by atoms with van der Waals surface area (Å²) >= 11 is 0. The summed E-state index contributed by atoms with van der Waals surface area (Å²) in [6, 6.07) is 12.3. The Hall–Kier alpha value is -4.18. The number of anilines is 2. The topological polar surface area (TPSA) is 112 Å². The maximum Gasteiger partial charge on any atom is 0.329 e. The van der Waals surface area contributed by atoms with Gasteiger partial charge in [-0.25, -0.2) is 17.6 Å². The molecule has 8 nitrogen and oxygen atoms in total. The normalized spacial score (nSPS) is 11.9. The number of aromatic amines is 1. The standard InChI is InChI=1S/C25H22FN3O5S/c1-28-14-21(19-9-11-27-25(32)24(19)28)20-13-16(15-35(2,33)34)3-8-22(20)29(12-10-23(30)31)18-6-4-17(26)5-7-18/h3-14H,15H2,1-2H3,(H,27,32)(H,30,31). The molecule has 4 aromatic rings. The minimum atomic E-state index is -3.34. The highest BCUT2D eigenvalue weighted by Crippen LogP contribution is 2.39. The van der Waals surface area contributed by atoms with Crippen molar-refractivity contribution in [2.75, 3.05) is 11.2 Å². The highest BCUT2D eigenvalue weighted by Gasteiger charge is 2.20. The fourth-order valence-corrected chi connectivity index (χ4v) is 4.81. The zero-order chi connectivity index (χ0) is 25.3. The zero-order valence-electron chi connectivity index (χ0n) is 18.9. The van der Waals surface area contributed by atoms with E-state index in [0.717, 1.165) is 12.3 Å². The molecule has 4 rings (SSSR count). The molecule has 0 aliphatic heterocycles. The van der Waals surface area contributed by atoms with E-state index in [1.165, 1.54) is 36.7 Å². The first-order valence-corrected chi connectivity index (χ1v) is 12.5. The maximum atomic E-state index is 13.6. The van der Waals surface area contributed by atoms with Crippen LogP contribution in [0.5, 0.6) is 0 Å². The molecule has 0 aliphatic rings. The SMILES string of the molecule is Cn1cc(-c2cc(CS(C)(=O)=O)ccc2N(C=CC(=O)O)c2ccc(F)cc2)c2cc[nH]c(=O)c21. The zero-order valence-corrected chi connectivity index (χ0v) is 19.7. The van der Waals surface area contributed by atoms with Crippen molar-refractivity contribution in [3.8, 4) is 11.1 Å². The number of carboxylic acids is 1. The first-order chi connectivity index (χ1) is 16.5. The predicted molar refractivity (Wildman–Crippen MR) is 133 cm³/mol. The lowest BCUT2D eigenvalue weighted by Crippen LogP contribution is -2.11. The summed E-state index contributed by atoms with van der Waals surface area (Å²) in [6.45, 7) is 0. The second-order valence-corrected chi connectivity index (χ2v) is 10.3. The molecule has 0 fully saturated rings. The van der Waals surface area contributed by atoms with Crippen LogP contribution in [-0.2, 0) is 27.4 Å². The summed E-state index contributed by atoms with van der Waals surface area (Å²) in [5, 5.41) is 9.89. The number of nitrogens with zero attached hydrogens (tertiary/aromatic N) is 2. The number of rotatable bonds is 7. The van der Waals surface area contributed by atoms with Gasteiger partial charge in [-0.3, -0.25) is 4.79 Å². The highest BCUT2D eigenvalue weighted by atomic mass is 32.2. The van der Waals surface area contributed by atoms with Crippen LogP contribution >= 0.6 is 0 Å². The van der Waals surface area contributed by atoms with E-state index in [1.54, 1.807) is 47.0 Å². The van der Waals surface area contributed by atoms with Crippen molar-refractivity contribution in [1.82, 2.24) is 9.55 Å². The van der Waals surface area contributed by atoms with E-state index < -0.39 is 21.6 Å². The number of sulfone groups is 1. The Morgan fingerprint density at radius 1 is 1.14 bits per heavy atom. The fraction of sp³-hybridized carbons (Fsp3) is 0.120. The van der Waals surface area contributed by atoms with E-state index in [0.29, 0.717) is 39.0 Å². The summed E-state index contributed by atoms with van der Waals surface area (Å²) in [6.07, 6.45) is 6.70. The number of hydrogen-bond donors (Lipinski definition) is 2. The Bertz CT molecular complexity index is 1620. The van der Waals surface area contributed by atoms with Gasteiger partial charge in [-0.1, -0.05) is 6.07 Å². The third-order valence-corrected chi connectivity index (χ3v) is 6.27. The van der Waals surface area contributed by atoms with Gasteiger partial charge in [-0.15, -0.1) is 0 Å². The summed E-state index contributed by atoms with van der Waals surface area (Å²) in [7, 11) is -1.61. The third-order valence-electron chi connectivity index (χ3n) is 5.41. The van der Waals surface area contributed by atoms with Gasteiger partial charge in [0.25, 0.3) is 5.56 Å². The summed E-state index contributed by atoms with van der Waals surface area (Å²) in [5.41, 5.74) is 2.88. The van der Waals surface area contributed by atoms with Crippen molar-refractivity contribution in [2.45, 2.75) is 5.75 Å². The smallest absolute Gasteiger partial charge is 0.329 e. The van der Waals surface area contributed by atoms with Gasteiger partial charge in [-0.2, -0.15) is 0 Å². The van der Waals surface area contributed by atoms with Gasteiger partial charge in [0.1, 0.15) is 11.3 Å². The number of carboxylic acid groups (broad SMARTS) is 1. The predicted octanol–water partition coefficient (Wildman–Crippen LogP) is 3.95. The molecular weight excluding hydrogens is 473 g/mol. The lowest BCUT2D eigenvalue weighted by atomic mass is 10.00. The van der Waals surface area contributed by atoms with Gasteiger partial charge in [-0.05, 0) is 48.0 Å². The molecule has 0 saturated carbocycles. The number of benzene rings is 2. The number of hydrogen-bond acceptors (Lipinski definition) is 5. The van der Waals surface area contributed by atoms with Crippen molar-refractivity contribution < 1.29 is 22.7 Å². The van der Waals surface area contributed by atoms with Gasteiger partial charge in [0, 0.05) is 60.2 Å². The van der Waals surface area contributed by atoms with Crippen LogP contribution in [0.3, 0.4) is 0 Å². The van der Waals surface area contributed by atoms with Crippen LogP contribution in [-0.4, -0.2) is 35.3 Å². The van der Waals surface area contributed by atoms with Crippen LogP contribution in [0, 0.1) is 5.82 Å². The number of H-pyrrole nitrogens is 1. The molecule has 0 spiro atoms. The molecule has 0 aliphatic carbocycles. The van der Waals surface area contributed by atoms with Crippen molar-refractivity contribution in [1.29, 1.82) is 0 Å². The van der Waals surface area contributed by atoms with E-state index in [2.05, 4.69) is 4.98 Å². The van der Waals surface area contributed by atoms with E-state index in [1.807, 2.05) is 0 Å². The monoisotopic (exact) mass is 495 g/mol. The van der Waals surface area contributed by atoms with Crippen LogP contribution in [0.1, 0.15) is 5.56 Å². The van der Waals surface area contributed by atoms with Gasteiger partial charge in [0.05, 0.1) is 11.4 Å². The Labute approximate surface area is 200 Å². The van der Waals surface area contributed by atoms with Crippen LogP contribution in [0.2, 0.25) is 0 Å². The van der Waals surface area contributed by atoms with Gasteiger partial charge < -0.3 is 19.6 Å². The molecule has 35 heavy (non-hydrogen) atoms. The number of fused-ring (bicyclic) bond motifs is 1. The molecule has 180 valence electrons. The fourth-order valence-electron chi connectivity index (χ4n) is 4.03. The molecule has 0 bridgehead atoms. The molecule has 10 heteroatoms. The van der Waals surface area contributed by atoms with Gasteiger partial charge in [0.15, 0.2) is 9.84 Å². The summed E-state index contributed by atoms with van der Waals surface area (Å²) < 4.78 is 39.3.